The fourth-order valence-corrected chi connectivity index (χ4v) is 3.12. The second kappa shape index (κ2) is 7.96. The van der Waals surface area contributed by atoms with E-state index in [1.807, 2.05) is 18.9 Å². The Hall–Kier alpha value is -0.650. The molecule has 0 aromatic heterocycles. The Morgan fingerprint density at radius 2 is 2.05 bits per heavy atom. The van der Waals surface area contributed by atoms with Crippen molar-refractivity contribution in [3.8, 4) is 0 Å². The molecule has 1 atom stereocenters. The first kappa shape index (κ1) is 15.7. The summed E-state index contributed by atoms with van der Waals surface area (Å²) in [6, 6.07) is 0. The number of hydrogen-bond donors (Lipinski definition) is 1. The SMILES string of the molecule is CNCCC1CCN(CC(=O)N2CCOC(C)C2)CC1. The van der Waals surface area contributed by atoms with Gasteiger partial charge < -0.3 is 15.0 Å². The largest absolute Gasteiger partial charge is 0.375 e. The van der Waals surface area contributed by atoms with E-state index in [4.69, 9.17) is 4.74 Å². The van der Waals surface area contributed by atoms with Gasteiger partial charge in [-0.15, -0.1) is 0 Å². The zero-order valence-corrected chi connectivity index (χ0v) is 12.9. The Bertz CT molecular complexity index is 303. The van der Waals surface area contributed by atoms with Crippen molar-refractivity contribution in [3.63, 3.8) is 0 Å². The predicted molar refractivity (Wildman–Crippen MR) is 79.7 cm³/mol. The molecule has 1 amide bonds. The lowest BCUT2D eigenvalue weighted by molar-refractivity contribution is -0.139. The van der Waals surface area contributed by atoms with Crippen molar-refractivity contribution >= 4 is 5.91 Å². The predicted octanol–water partition coefficient (Wildman–Crippen LogP) is 0.555. The monoisotopic (exact) mass is 283 g/mol. The molecule has 0 aromatic carbocycles. The topological polar surface area (TPSA) is 44.8 Å². The first-order chi connectivity index (χ1) is 9.69. The average molecular weight is 283 g/mol. The molecular weight excluding hydrogens is 254 g/mol. The van der Waals surface area contributed by atoms with Gasteiger partial charge in [0.05, 0.1) is 19.3 Å². The smallest absolute Gasteiger partial charge is 0.236 e. The summed E-state index contributed by atoms with van der Waals surface area (Å²) in [6.45, 7) is 8.05. The molecule has 5 heteroatoms. The number of rotatable bonds is 5. The van der Waals surface area contributed by atoms with Crippen LogP contribution in [0.5, 0.6) is 0 Å². The van der Waals surface area contributed by atoms with Crippen molar-refractivity contribution in [1.29, 1.82) is 0 Å². The van der Waals surface area contributed by atoms with E-state index in [0.717, 1.165) is 38.6 Å². The van der Waals surface area contributed by atoms with Gasteiger partial charge in [-0.3, -0.25) is 9.69 Å². The van der Waals surface area contributed by atoms with Gasteiger partial charge in [-0.25, -0.2) is 0 Å². The van der Waals surface area contributed by atoms with Crippen molar-refractivity contribution in [3.05, 3.63) is 0 Å². The van der Waals surface area contributed by atoms with Gasteiger partial charge in [0.25, 0.3) is 0 Å². The minimum absolute atomic E-state index is 0.181. The van der Waals surface area contributed by atoms with Gasteiger partial charge >= 0.3 is 0 Å². The van der Waals surface area contributed by atoms with Gasteiger partial charge in [0, 0.05) is 13.1 Å². The number of hydrogen-bond acceptors (Lipinski definition) is 4. The summed E-state index contributed by atoms with van der Waals surface area (Å²) in [5.41, 5.74) is 0. The molecule has 0 saturated carbocycles. The normalized spacial score (nSPS) is 25.9. The highest BCUT2D eigenvalue weighted by molar-refractivity contribution is 5.78. The zero-order valence-electron chi connectivity index (χ0n) is 12.9. The molecule has 1 N–H and O–H groups in total. The Morgan fingerprint density at radius 1 is 1.30 bits per heavy atom. The molecule has 2 aliphatic rings. The highest BCUT2D eigenvalue weighted by Gasteiger charge is 2.25. The van der Waals surface area contributed by atoms with Crippen LogP contribution in [0.15, 0.2) is 0 Å². The summed E-state index contributed by atoms with van der Waals surface area (Å²) in [4.78, 5) is 16.6. The summed E-state index contributed by atoms with van der Waals surface area (Å²) in [5.74, 6) is 1.10. The lowest BCUT2D eigenvalue weighted by Crippen LogP contribution is -2.49. The van der Waals surface area contributed by atoms with E-state index in [-0.39, 0.29) is 12.0 Å². The summed E-state index contributed by atoms with van der Waals surface area (Å²) in [5, 5.41) is 3.22. The number of piperidine rings is 1. The minimum atomic E-state index is 0.181. The van der Waals surface area contributed by atoms with E-state index in [1.165, 1.54) is 19.3 Å². The van der Waals surface area contributed by atoms with Crippen LogP contribution in [0.3, 0.4) is 0 Å². The third-order valence-electron chi connectivity index (χ3n) is 4.46. The Morgan fingerprint density at radius 3 is 2.70 bits per heavy atom. The van der Waals surface area contributed by atoms with Crippen LogP contribution in [-0.4, -0.2) is 74.7 Å². The zero-order chi connectivity index (χ0) is 14.4. The molecule has 116 valence electrons. The second-order valence-corrected chi connectivity index (χ2v) is 6.13. The van der Waals surface area contributed by atoms with E-state index in [1.54, 1.807) is 0 Å². The first-order valence-corrected chi connectivity index (χ1v) is 7.95. The van der Waals surface area contributed by atoms with Gasteiger partial charge in [0.2, 0.25) is 5.91 Å². The lowest BCUT2D eigenvalue weighted by Gasteiger charge is -2.35. The fraction of sp³-hybridized carbons (Fsp3) is 0.933. The summed E-state index contributed by atoms with van der Waals surface area (Å²) >= 11 is 0. The van der Waals surface area contributed by atoms with Crippen molar-refractivity contribution in [2.45, 2.75) is 32.3 Å². The average Bonchev–Trinajstić information content (AvgIpc) is 2.46. The van der Waals surface area contributed by atoms with Gasteiger partial charge in [-0.1, -0.05) is 0 Å². The lowest BCUT2D eigenvalue weighted by atomic mass is 9.93. The molecule has 0 bridgehead atoms. The van der Waals surface area contributed by atoms with Crippen LogP contribution in [0.2, 0.25) is 0 Å². The van der Waals surface area contributed by atoms with Crippen LogP contribution in [0.1, 0.15) is 26.2 Å². The van der Waals surface area contributed by atoms with Gasteiger partial charge in [0.15, 0.2) is 0 Å². The number of carbonyl (C=O) groups excluding carboxylic acids is 1. The van der Waals surface area contributed by atoms with E-state index in [0.29, 0.717) is 13.2 Å². The number of ether oxygens (including phenoxy) is 1. The van der Waals surface area contributed by atoms with Crippen molar-refractivity contribution in [2.75, 3.05) is 52.9 Å². The van der Waals surface area contributed by atoms with E-state index in [9.17, 15) is 4.79 Å². The number of amides is 1. The van der Waals surface area contributed by atoms with Crippen LogP contribution < -0.4 is 5.32 Å². The third-order valence-corrected chi connectivity index (χ3v) is 4.46. The quantitative estimate of drug-likeness (QED) is 0.800. The highest BCUT2D eigenvalue weighted by atomic mass is 16.5. The van der Waals surface area contributed by atoms with E-state index >= 15 is 0 Å². The molecule has 0 aromatic rings. The van der Waals surface area contributed by atoms with Crippen LogP contribution in [0, 0.1) is 5.92 Å². The molecule has 5 nitrogen and oxygen atoms in total. The fourth-order valence-electron chi connectivity index (χ4n) is 3.12. The minimum Gasteiger partial charge on any atom is -0.375 e. The number of likely N-dealkylation sites (tertiary alicyclic amines) is 1. The maximum atomic E-state index is 12.3. The Kier molecular flexibility index (Phi) is 6.26. The number of morpholine rings is 1. The van der Waals surface area contributed by atoms with Crippen molar-refractivity contribution < 1.29 is 9.53 Å². The van der Waals surface area contributed by atoms with Crippen LogP contribution in [0.25, 0.3) is 0 Å². The van der Waals surface area contributed by atoms with Crippen LogP contribution in [-0.2, 0) is 9.53 Å². The molecule has 2 aliphatic heterocycles. The maximum absolute atomic E-state index is 12.3. The number of nitrogens with zero attached hydrogens (tertiary/aromatic N) is 2. The second-order valence-electron chi connectivity index (χ2n) is 6.13. The molecule has 0 aliphatic carbocycles. The van der Waals surface area contributed by atoms with Crippen molar-refractivity contribution in [2.24, 2.45) is 5.92 Å². The van der Waals surface area contributed by atoms with Crippen LogP contribution >= 0.6 is 0 Å². The van der Waals surface area contributed by atoms with Gasteiger partial charge in [0.1, 0.15) is 0 Å². The van der Waals surface area contributed by atoms with Gasteiger partial charge in [-0.2, -0.15) is 0 Å². The Balaban J connectivity index is 1.68. The molecule has 0 spiro atoms. The van der Waals surface area contributed by atoms with E-state index < -0.39 is 0 Å². The number of nitrogens with one attached hydrogen (secondary N) is 1. The molecular formula is C15H29N3O2. The summed E-state index contributed by atoms with van der Waals surface area (Å²) in [7, 11) is 2.01. The summed E-state index contributed by atoms with van der Waals surface area (Å²) < 4.78 is 5.49. The molecule has 1 unspecified atom stereocenters. The highest BCUT2D eigenvalue weighted by Crippen LogP contribution is 2.20. The number of carbonyl (C=O) groups is 1. The molecule has 0 radical (unpaired) electrons. The first-order valence-electron chi connectivity index (χ1n) is 7.95. The van der Waals surface area contributed by atoms with Crippen molar-refractivity contribution in [1.82, 2.24) is 15.1 Å². The van der Waals surface area contributed by atoms with Crippen LogP contribution in [0.4, 0.5) is 0 Å². The summed E-state index contributed by atoms with van der Waals surface area (Å²) in [6.07, 6.45) is 3.90. The van der Waals surface area contributed by atoms with E-state index in [2.05, 4.69) is 10.2 Å². The molecule has 2 saturated heterocycles. The third kappa shape index (κ3) is 4.72. The standard InChI is InChI=1S/C15H29N3O2/c1-13-11-18(9-10-20-13)15(19)12-17-7-4-14(5-8-17)3-6-16-2/h13-14,16H,3-12H2,1-2H3. The maximum Gasteiger partial charge on any atom is 0.236 e. The molecule has 2 heterocycles. The molecule has 2 fully saturated rings. The molecule has 20 heavy (non-hydrogen) atoms. The molecule has 2 rings (SSSR count). The Labute approximate surface area is 122 Å². The van der Waals surface area contributed by atoms with Gasteiger partial charge in [-0.05, 0) is 58.8 Å².